The first-order valence-corrected chi connectivity index (χ1v) is 8.29. The van der Waals surface area contributed by atoms with E-state index in [2.05, 4.69) is 4.99 Å². The Morgan fingerprint density at radius 2 is 1.63 bits per heavy atom. The maximum atomic E-state index is 14.1. The topological polar surface area (TPSA) is 47.9 Å². The van der Waals surface area contributed by atoms with E-state index in [1.165, 1.54) is 18.2 Å². The third-order valence-electron chi connectivity index (χ3n) is 3.87. The lowest BCUT2D eigenvalue weighted by Gasteiger charge is -2.07. The van der Waals surface area contributed by atoms with E-state index in [1.807, 2.05) is 24.3 Å². The number of cyclic esters (lactones) is 1. The van der Waals surface area contributed by atoms with Crippen LogP contribution in [-0.2, 0) is 9.53 Å². The largest absolute Gasteiger partial charge is 0.454 e. The summed E-state index contributed by atoms with van der Waals surface area (Å²) < 4.78 is 24.9. The average molecular weight is 359 g/mol. The van der Waals surface area contributed by atoms with Crippen LogP contribution >= 0.6 is 0 Å². The van der Waals surface area contributed by atoms with Gasteiger partial charge in [-0.3, -0.25) is 0 Å². The van der Waals surface area contributed by atoms with Crippen molar-refractivity contribution in [3.05, 3.63) is 102 Å². The summed E-state index contributed by atoms with van der Waals surface area (Å²) in [5, 5.41) is 0. The predicted molar refractivity (Wildman–Crippen MR) is 100.0 cm³/mol. The van der Waals surface area contributed by atoms with E-state index in [1.54, 1.807) is 42.5 Å². The van der Waals surface area contributed by atoms with Crippen LogP contribution in [0.2, 0.25) is 0 Å². The van der Waals surface area contributed by atoms with E-state index >= 15 is 0 Å². The molecule has 0 bridgehead atoms. The number of halogens is 1. The first-order chi connectivity index (χ1) is 13.2. The fourth-order valence-electron chi connectivity index (χ4n) is 2.57. The predicted octanol–water partition coefficient (Wildman–Crippen LogP) is 4.96. The Hall–Kier alpha value is -3.73. The van der Waals surface area contributed by atoms with Gasteiger partial charge in [0.2, 0.25) is 5.90 Å². The van der Waals surface area contributed by atoms with Crippen molar-refractivity contribution in [3.63, 3.8) is 0 Å². The molecule has 0 spiro atoms. The number of hydrogen-bond acceptors (Lipinski definition) is 4. The molecule has 1 aliphatic rings. The summed E-state index contributed by atoms with van der Waals surface area (Å²) in [6, 6.07) is 22.4. The van der Waals surface area contributed by atoms with Crippen molar-refractivity contribution in [3.8, 4) is 11.5 Å². The van der Waals surface area contributed by atoms with E-state index < -0.39 is 11.8 Å². The van der Waals surface area contributed by atoms with Crippen molar-refractivity contribution in [2.45, 2.75) is 0 Å². The van der Waals surface area contributed by atoms with Gasteiger partial charge in [-0.15, -0.1) is 0 Å². The van der Waals surface area contributed by atoms with E-state index in [0.717, 1.165) is 0 Å². The highest BCUT2D eigenvalue weighted by molar-refractivity contribution is 6.12. The summed E-state index contributed by atoms with van der Waals surface area (Å²) in [6.45, 7) is 0. The maximum Gasteiger partial charge on any atom is 0.363 e. The summed E-state index contributed by atoms with van der Waals surface area (Å²) in [5.41, 5.74) is 1.43. The summed E-state index contributed by atoms with van der Waals surface area (Å²) in [6.07, 6.45) is 1.54. The molecule has 1 aliphatic heterocycles. The number of aliphatic imine (C=N–C) groups is 1. The zero-order valence-electron chi connectivity index (χ0n) is 14.1. The second-order valence-corrected chi connectivity index (χ2v) is 5.81. The van der Waals surface area contributed by atoms with Crippen molar-refractivity contribution in [1.82, 2.24) is 0 Å². The summed E-state index contributed by atoms with van der Waals surface area (Å²) in [7, 11) is 0. The van der Waals surface area contributed by atoms with E-state index in [-0.39, 0.29) is 17.3 Å². The molecule has 4 nitrogen and oxygen atoms in total. The first-order valence-electron chi connectivity index (χ1n) is 8.29. The molecule has 3 aromatic carbocycles. The summed E-state index contributed by atoms with van der Waals surface area (Å²) in [4.78, 5) is 16.3. The Kier molecular flexibility index (Phi) is 4.49. The van der Waals surface area contributed by atoms with Crippen LogP contribution in [0, 0.1) is 5.82 Å². The number of nitrogens with zero attached hydrogens (tertiary/aromatic N) is 1. The molecule has 4 rings (SSSR count). The summed E-state index contributed by atoms with van der Waals surface area (Å²) >= 11 is 0. The highest BCUT2D eigenvalue weighted by Crippen LogP contribution is 2.27. The number of ether oxygens (including phenoxy) is 2. The number of hydrogen-bond donors (Lipinski definition) is 0. The van der Waals surface area contributed by atoms with Crippen molar-refractivity contribution in [2.24, 2.45) is 4.99 Å². The van der Waals surface area contributed by atoms with E-state index in [4.69, 9.17) is 9.47 Å². The third-order valence-corrected chi connectivity index (χ3v) is 3.87. The van der Waals surface area contributed by atoms with Crippen LogP contribution in [0.25, 0.3) is 6.08 Å². The monoisotopic (exact) mass is 359 g/mol. The van der Waals surface area contributed by atoms with Crippen molar-refractivity contribution < 1.29 is 18.7 Å². The first kappa shape index (κ1) is 16.7. The minimum atomic E-state index is -0.552. The third kappa shape index (κ3) is 3.77. The molecule has 0 atom stereocenters. The molecule has 0 saturated carbocycles. The standard InChI is InChI=1S/C22H14FNO3/c23-18-12-11-15(14-20(18)26-17-9-5-2-6-10-17)13-19-22(25)27-21(24-19)16-7-3-1-4-8-16/h1-14H/b19-13-. The van der Waals surface area contributed by atoms with Gasteiger partial charge in [-0.1, -0.05) is 42.5 Å². The number of carbonyl (C=O) groups is 1. The second kappa shape index (κ2) is 7.25. The van der Waals surface area contributed by atoms with Crippen molar-refractivity contribution >= 4 is 17.9 Å². The maximum absolute atomic E-state index is 14.1. The fraction of sp³-hybridized carbons (Fsp3) is 0. The molecule has 132 valence electrons. The molecular formula is C22H14FNO3. The van der Waals surface area contributed by atoms with Crippen LogP contribution in [-0.4, -0.2) is 11.9 Å². The Morgan fingerprint density at radius 1 is 0.926 bits per heavy atom. The van der Waals surface area contributed by atoms with Crippen molar-refractivity contribution in [2.75, 3.05) is 0 Å². The molecule has 0 amide bonds. The lowest BCUT2D eigenvalue weighted by atomic mass is 10.1. The Balaban J connectivity index is 1.63. The molecule has 0 radical (unpaired) electrons. The molecule has 1 heterocycles. The molecule has 0 aromatic heterocycles. The zero-order valence-corrected chi connectivity index (χ0v) is 14.1. The highest BCUT2D eigenvalue weighted by Gasteiger charge is 2.24. The molecule has 3 aromatic rings. The Morgan fingerprint density at radius 3 is 2.37 bits per heavy atom. The quantitative estimate of drug-likeness (QED) is 0.488. The molecule has 0 unspecified atom stereocenters. The van der Waals surface area contributed by atoms with Crippen LogP contribution in [0.15, 0.2) is 89.6 Å². The van der Waals surface area contributed by atoms with Gasteiger partial charge in [0.15, 0.2) is 17.3 Å². The van der Waals surface area contributed by atoms with Gasteiger partial charge >= 0.3 is 5.97 Å². The minimum Gasteiger partial charge on any atom is -0.454 e. The van der Waals surface area contributed by atoms with Crippen molar-refractivity contribution in [1.29, 1.82) is 0 Å². The fourth-order valence-corrected chi connectivity index (χ4v) is 2.57. The van der Waals surface area contributed by atoms with Gasteiger partial charge in [-0.2, -0.15) is 0 Å². The normalized spacial score (nSPS) is 14.8. The number of carbonyl (C=O) groups excluding carboxylic acids is 1. The average Bonchev–Trinajstić information content (AvgIpc) is 3.06. The Labute approximate surface area is 155 Å². The zero-order chi connectivity index (χ0) is 18.6. The van der Waals surface area contributed by atoms with Gasteiger partial charge in [0, 0.05) is 5.56 Å². The van der Waals surface area contributed by atoms with Crippen LogP contribution in [0.1, 0.15) is 11.1 Å². The Bertz CT molecular complexity index is 1040. The number of esters is 1. The number of benzene rings is 3. The van der Waals surface area contributed by atoms with Crippen LogP contribution < -0.4 is 4.74 Å². The van der Waals surface area contributed by atoms with Crippen LogP contribution in [0.5, 0.6) is 11.5 Å². The van der Waals surface area contributed by atoms with E-state index in [0.29, 0.717) is 16.9 Å². The van der Waals surface area contributed by atoms with Gasteiger partial charge in [0.05, 0.1) is 0 Å². The smallest absolute Gasteiger partial charge is 0.363 e. The molecular weight excluding hydrogens is 345 g/mol. The van der Waals surface area contributed by atoms with Gasteiger partial charge in [-0.05, 0) is 48.0 Å². The second-order valence-electron chi connectivity index (χ2n) is 5.81. The molecule has 0 N–H and O–H groups in total. The SMILES string of the molecule is O=C1OC(c2ccccc2)=N/C1=C\c1ccc(F)c(Oc2ccccc2)c1. The number of rotatable bonds is 4. The summed E-state index contributed by atoms with van der Waals surface area (Å²) in [5.74, 6) is -0.220. The van der Waals surface area contributed by atoms with Gasteiger partial charge in [-0.25, -0.2) is 14.2 Å². The van der Waals surface area contributed by atoms with Crippen LogP contribution in [0.3, 0.4) is 0 Å². The molecule has 0 saturated heterocycles. The molecule has 5 heteroatoms. The van der Waals surface area contributed by atoms with E-state index in [9.17, 15) is 9.18 Å². The molecule has 27 heavy (non-hydrogen) atoms. The minimum absolute atomic E-state index is 0.0641. The lowest BCUT2D eigenvalue weighted by molar-refractivity contribution is -0.129. The molecule has 0 fully saturated rings. The number of para-hydroxylation sites is 1. The van der Waals surface area contributed by atoms with Gasteiger partial charge in [0.25, 0.3) is 0 Å². The highest BCUT2D eigenvalue weighted by atomic mass is 19.1. The van der Waals surface area contributed by atoms with Gasteiger partial charge in [0.1, 0.15) is 5.75 Å². The lowest BCUT2D eigenvalue weighted by Crippen LogP contribution is -2.04. The molecule has 0 aliphatic carbocycles. The van der Waals surface area contributed by atoms with Gasteiger partial charge < -0.3 is 9.47 Å². The van der Waals surface area contributed by atoms with Crippen LogP contribution in [0.4, 0.5) is 4.39 Å².